The Morgan fingerprint density at radius 3 is 2.00 bits per heavy atom. The molecule has 0 radical (unpaired) electrons. The summed E-state index contributed by atoms with van der Waals surface area (Å²) in [5, 5.41) is 1.43. The van der Waals surface area contributed by atoms with Crippen molar-refractivity contribution >= 4 is 23.2 Å². The molecule has 2 aromatic carbocycles. The Kier molecular flexibility index (Phi) is 6.86. The van der Waals surface area contributed by atoms with Crippen LogP contribution in [0.15, 0.2) is 36.4 Å². The van der Waals surface area contributed by atoms with E-state index in [0.717, 1.165) is 36.3 Å². The lowest BCUT2D eigenvalue weighted by atomic mass is 9.78. The van der Waals surface area contributed by atoms with Crippen LogP contribution in [0.2, 0.25) is 10.0 Å². The number of ether oxygens (including phenoxy) is 2. The van der Waals surface area contributed by atoms with E-state index < -0.39 is 0 Å². The van der Waals surface area contributed by atoms with Crippen LogP contribution in [0.4, 0.5) is 0 Å². The van der Waals surface area contributed by atoms with Gasteiger partial charge >= 0.3 is 0 Å². The predicted molar refractivity (Wildman–Crippen MR) is 121 cm³/mol. The van der Waals surface area contributed by atoms with Gasteiger partial charge in [0.15, 0.2) is 6.29 Å². The van der Waals surface area contributed by atoms with Gasteiger partial charge in [-0.3, -0.25) is 0 Å². The first kappa shape index (κ1) is 21.2. The lowest BCUT2D eigenvalue weighted by Crippen LogP contribution is -2.38. The zero-order valence-electron chi connectivity index (χ0n) is 17.3. The Hall–Kier alpha value is -1.06. The highest BCUT2D eigenvalue weighted by molar-refractivity contribution is 6.36. The minimum absolute atomic E-state index is 0.0113. The Balaban J connectivity index is 1.36. The summed E-state index contributed by atoms with van der Waals surface area (Å²) in [6.07, 6.45) is 5.90. The van der Waals surface area contributed by atoms with E-state index in [9.17, 15) is 0 Å². The maximum absolute atomic E-state index is 6.31. The first-order valence-electron chi connectivity index (χ1n) is 10.8. The summed E-state index contributed by atoms with van der Waals surface area (Å²) in [5.74, 6) is 1.73. The molecular formula is C25H30Cl2O2. The minimum atomic E-state index is 0.0113. The Morgan fingerprint density at radius 1 is 0.862 bits per heavy atom. The molecule has 2 fully saturated rings. The quantitative estimate of drug-likeness (QED) is 0.493. The molecule has 4 rings (SSSR count). The fourth-order valence-corrected chi connectivity index (χ4v) is 5.04. The summed E-state index contributed by atoms with van der Waals surface area (Å²) in [6.45, 7) is 5.86. The molecule has 1 saturated heterocycles. The van der Waals surface area contributed by atoms with Gasteiger partial charge in [0.25, 0.3) is 0 Å². The predicted octanol–water partition coefficient (Wildman–Crippen LogP) is 7.64. The van der Waals surface area contributed by atoms with Crippen LogP contribution in [0.5, 0.6) is 0 Å². The largest absolute Gasteiger partial charge is 0.352 e. The molecule has 0 bridgehead atoms. The molecule has 0 aromatic heterocycles. The van der Waals surface area contributed by atoms with Crippen molar-refractivity contribution in [3.8, 4) is 11.1 Å². The van der Waals surface area contributed by atoms with Crippen LogP contribution in [0, 0.1) is 18.8 Å². The van der Waals surface area contributed by atoms with E-state index in [1.807, 2.05) is 19.1 Å². The van der Waals surface area contributed by atoms with Crippen molar-refractivity contribution in [1.82, 2.24) is 0 Å². The van der Waals surface area contributed by atoms with E-state index in [-0.39, 0.29) is 6.29 Å². The lowest BCUT2D eigenvalue weighted by molar-refractivity contribution is -0.228. The maximum atomic E-state index is 6.31. The van der Waals surface area contributed by atoms with Gasteiger partial charge in [-0.1, -0.05) is 54.4 Å². The highest BCUT2D eigenvalue weighted by Gasteiger charge is 2.32. The fraction of sp³-hybridized carbons (Fsp3) is 0.520. The monoisotopic (exact) mass is 432 g/mol. The van der Waals surface area contributed by atoms with Crippen molar-refractivity contribution in [2.45, 2.75) is 58.2 Å². The number of rotatable bonds is 4. The molecule has 0 atom stereocenters. The Labute approximate surface area is 184 Å². The van der Waals surface area contributed by atoms with Crippen LogP contribution in [-0.2, 0) is 9.47 Å². The van der Waals surface area contributed by atoms with E-state index in [1.54, 1.807) is 0 Å². The van der Waals surface area contributed by atoms with Gasteiger partial charge in [0, 0.05) is 21.9 Å². The average Bonchev–Trinajstić information content (AvgIpc) is 2.77. The summed E-state index contributed by atoms with van der Waals surface area (Å²) < 4.78 is 12.0. The van der Waals surface area contributed by atoms with Crippen LogP contribution in [0.3, 0.4) is 0 Å². The first-order valence-corrected chi connectivity index (χ1v) is 11.6. The lowest BCUT2D eigenvalue weighted by Gasteiger charge is -2.37. The van der Waals surface area contributed by atoms with Gasteiger partial charge in [-0.15, -0.1) is 0 Å². The number of benzene rings is 2. The van der Waals surface area contributed by atoms with E-state index in [2.05, 4.69) is 31.2 Å². The van der Waals surface area contributed by atoms with Gasteiger partial charge in [0.1, 0.15) is 0 Å². The standard InChI is InChI=1S/C25H30Cl2O2/c1-3-17-14-28-25(29-15-17)21-10-8-19(9-11-21)18-4-6-20(7-5-18)22-12-23(26)16(2)24(27)13-22/h4-7,12-13,17,19,21,25H,3,8-11,14-15H2,1-2H3. The van der Waals surface area contributed by atoms with Crippen molar-refractivity contribution in [2.24, 2.45) is 11.8 Å². The highest BCUT2D eigenvalue weighted by Crippen LogP contribution is 2.40. The van der Waals surface area contributed by atoms with Crippen LogP contribution in [0.1, 0.15) is 56.1 Å². The van der Waals surface area contributed by atoms with E-state index >= 15 is 0 Å². The molecule has 2 nitrogen and oxygen atoms in total. The maximum Gasteiger partial charge on any atom is 0.160 e. The smallest absolute Gasteiger partial charge is 0.160 e. The molecule has 2 aromatic rings. The molecule has 1 heterocycles. The Morgan fingerprint density at radius 2 is 1.45 bits per heavy atom. The highest BCUT2D eigenvalue weighted by atomic mass is 35.5. The average molecular weight is 433 g/mol. The topological polar surface area (TPSA) is 18.5 Å². The van der Waals surface area contributed by atoms with Gasteiger partial charge < -0.3 is 9.47 Å². The minimum Gasteiger partial charge on any atom is -0.352 e. The van der Waals surface area contributed by atoms with Crippen molar-refractivity contribution in [2.75, 3.05) is 13.2 Å². The van der Waals surface area contributed by atoms with Crippen LogP contribution in [0.25, 0.3) is 11.1 Å². The SMILES string of the molecule is CCC1COC(C2CCC(c3ccc(-c4cc(Cl)c(C)c(Cl)c4)cc3)CC2)OC1. The first-order chi connectivity index (χ1) is 14.0. The Bertz CT molecular complexity index is 794. The zero-order valence-corrected chi connectivity index (χ0v) is 18.8. The van der Waals surface area contributed by atoms with Crippen molar-refractivity contribution in [3.63, 3.8) is 0 Å². The van der Waals surface area contributed by atoms with Crippen LogP contribution >= 0.6 is 23.2 Å². The van der Waals surface area contributed by atoms with Gasteiger partial charge in [0.05, 0.1) is 13.2 Å². The third kappa shape index (κ3) is 4.82. The van der Waals surface area contributed by atoms with E-state index in [0.29, 0.717) is 27.8 Å². The fourth-order valence-electron chi connectivity index (χ4n) is 4.55. The van der Waals surface area contributed by atoms with Crippen LogP contribution < -0.4 is 0 Å². The summed E-state index contributed by atoms with van der Waals surface area (Å²) in [5.41, 5.74) is 4.58. The van der Waals surface area contributed by atoms with Crippen molar-refractivity contribution in [3.05, 3.63) is 57.6 Å². The van der Waals surface area contributed by atoms with Crippen molar-refractivity contribution in [1.29, 1.82) is 0 Å². The summed E-state index contributed by atoms with van der Waals surface area (Å²) >= 11 is 12.6. The second-order valence-electron chi connectivity index (χ2n) is 8.61. The van der Waals surface area contributed by atoms with E-state index in [4.69, 9.17) is 32.7 Å². The molecule has 1 aliphatic heterocycles. The molecule has 29 heavy (non-hydrogen) atoms. The third-order valence-corrected chi connectivity index (χ3v) is 7.51. The van der Waals surface area contributed by atoms with Gasteiger partial charge in [-0.05, 0) is 79.3 Å². The molecule has 0 unspecified atom stereocenters. The molecule has 156 valence electrons. The molecule has 0 amide bonds. The van der Waals surface area contributed by atoms with Crippen LogP contribution in [-0.4, -0.2) is 19.5 Å². The second kappa shape index (κ2) is 9.39. The molecule has 1 aliphatic carbocycles. The summed E-state index contributed by atoms with van der Waals surface area (Å²) in [7, 11) is 0. The van der Waals surface area contributed by atoms with Gasteiger partial charge in [0.2, 0.25) is 0 Å². The molecular weight excluding hydrogens is 403 g/mol. The summed E-state index contributed by atoms with van der Waals surface area (Å²) in [6, 6.07) is 12.9. The molecule has 0 spiro atoms. The molecule has 4 heteroatoms. The van der Waals surface area contributed by atoms with Gasteiger partial charge in [-0.2, -0.15) is 0 Å². The number of halogens is 2. The van der Waals surface area contributed by atoms with Gasteiger partial charge in [-0.25, -0.2) is 0 Å². The summed E-state index contributed by atoms with van der Waals surface area (Å²) in [4.78, 5) is 0. The number of hydrogen-bond acceptors (Lipinski definition) is 2. The third-order valence-electron chi connectivity index (χ3n) is 6.72. The normalized spacial score (nSPS) is 27.7. The zero-order chi connectivity index (χ0) is 20.4. The molecule has 2 aliphatic rings. The van der Waals surface area contributed by atoms with E-state index in [1.165, 1.54) is 31.2 Å². The number of hydrogen-bond donors (Lipinski definition) is 0. The second-order valence-corrected chi connectivity index (χ2v) is 9.42. The molecule has 1 saturated carbocycles. The van der Waals surface area contributed by atoms with Crippen molar-refractivity contribution < 1.29 is 9.47 Å². The molecule has 0 N–H and O–H groups in total.